The van der Waals surface area contributed by atoms with Crippen molar-refractivity contribution in [1.82, 2.24) is 14.8 Å². The molecule has 150 valence electrons. The van der Waals surface area contributed by atoms with Gasteiger partial charge in [-0.25, -0.2) is 14.5 Å². The Balaban J connectivity index is 1.80. The van der Waals surface area contributed by atoms with E-state index in [2.05, 4.69) is 15.4 Å². The molecule has 0 aliphatic rings. The molecule has 2 aromatic heterocycles. The largest absolute Gasteiger partial charge is 0.461 e. The number of benzene rings is 1. The van der Waals surface area contributed by atoms with Gasteiger partial charge >= 0.3 is 5.97 Å². The number of aryl methyl sites for hydroxylation is 1. The van der Waals surface area contributed by atoms with E-state index in [1.165, 1.54) is 16.9 Å². The van der Waals surface area contributed by atoms with Gasteiger partial charge in [0, 0.05) is 12.3 Å². The number of hydrogen-bond donors (Lipinski definition) is 1. The molecule has 0 bridgehead atoms. The lowest BCUT2D eigenvalue weighted by Crippen LogP contribution is -2.25. The lowest BCUT2D eigenvalue weighted by Gasteiger charge is -2.07. The second-order valence-electron chi connectivity index (χ2n) is 6.69. The van der Waals surface area contributed by atoms with Crippen LogP contribution in [0.1, 0.15) is 39.7 Å². The molecule has 2 heterocycles. The van der Waals surface area contributed by atoms with E-state index in [1.54, 1.807) is 19.1 Å². The molecule has 9 heteroatoms. The highest BCUT2D eigenvalue weighted by Crippen LogP contribution is 2.24. The van der Waals surface area contributed by atoms with Crippen LogP contribution in [0.25, 0.3) is 5.69 Å². The summed E-state index contributed by atoms with van der Waals surface area (Å²) in [6, 6.07) is 10.4. The summed E-state index contributed by atoms with van der Waals surface area (Å²) in [5, 5.41) is 6.87. The average Bonchev–Trinajstić information content (AvgIpc) is 3.07. The maximum absolute atomic E-state index is 12.6. The van der Waals surface area contributed by atoms with Gasteiger partial charge in [-0.1, -0.05) is 43.4 Å². The minimum absolute atomic E-state index is 0.195. The Morgan fingerprint density at radius 2 is 1.93 bits per heavy atom. The van der Waals surface area contributed by atoms with E-state index >= 15 is 0 Å². The van der Waals surface area contributed by atoms with E-state index in [-0.39, 0.29) is 16.7 Å². The number of amides is 1. The first kappa shape index (κ1) is 20.4. The Morgan fingerprint density at radius 1 is 1.21 bits per heavy atom. The third kappa shape index (κ3) is 4.94. The zero-order chi connectivity index (χ0) is 21.0. The van der Waals surface area contributed by atoms with Crippen molar-refractivity contribution >= 4 is 28.3 Å². The van der Waals surface area contributed by atoms with E-state index in [4.69, 9.17) is 4.74 Å². The summed E-state index contributed by atoms with van der Waals surface area (Å²) in [6.07, 6.45) is 1.49. The van der Waals surface area contributed by atoms with Gasteiger partial charge in [0.1, 0.15) is 4.88 Å². The molecule has 0 aliphatic carbocycles. The summed E-state index contributed by atoms with van der Waals surface area (Å²) in [5.41, 5.74) is 0.372. The molecule has 0 spiro atoms. The van der Waals surface area contributed by atoms with Gasteiger partial charge in [0.2, 0.25) is 5.43 Å². The van der Waals surface area contributed by atoms with Crippen LogP contribution in [-0.4, -0.2) is 33.2 Å². The van der Waals surface area contributed by atoms with Gasteiger partial charge in [-0.2, -0.15) is 5.10 Å². The number of carbonyl (C=O) groups is 2. The predicted octanol–water partition coefficient (Wildman–Crippen LogP) is 3.06. The molecule has 29 heavy (non-hydrogen) atoms. The Kier molecular flexibility index (Phi) is 6.18. The average molecular weight is 412 g/mol. The topological polar surface area (TPSA) is 103 Å². The first-order valence-corrected chi connectivity index (χ1v) is 9.78. The van der Waals surface area contributed by atoms with Crippen LogP contribution in [-0.2, 0) is 4.74 Å². The number of ether oxygens (including phenoxy) is 1. The number of carbonyl (C=O) groups excluding carboxylic acids is 2. The monoisotopic (exact) mass is 412 g/mol. The van der Waals surface area contributed by atoms with Crippen LogP contribution < -0.4 is 10.7 Å². The standard InChI is InChI=1S/C20H20N4O4S/c1-12(2)11-28-19(27)17-13(3)21-20(29-17)22-18(26)16-15(25)9-10-24(23-16)14-7-5-4-6-8-14/h4-10,12H,11H2,1-3H3,(H,21,22,26). The van der Waals surface area contributed by atoms with E-state index in [0.717, 1.165) is 11.3 Å². The van der Waals surface area contributed by atoms with E-state index in [1.807, 2.05) is 32.0 Å². The van der Waals surface area contributed by atoms with Crippen molar-refractivity contribution in [1.29, 1.82) is 0 Å². The number of hydrogen-bond acceptors (Lipinski definition) is 7. The Bertz CT molecular complexity index is 1090. The summed E-state index contributed by atoms with van der Waals surface area (Å²) in [6.45, 7) is 5.83. The molecule has 0 saturated heterocycles. The summed E-state index contributed by atoms with van der Waals surface area (Å²) in [5.74, 6) is -0.975. The van der Waals surface area contributed by atoms with Crippen LogP contribution in [0.4, 0.5) is 5.13 Å². The minimum atomic E-state index is -0.698. The molecule has 0 radical (unpaired) electrons. The quantitative estimate of drug-likeness (QED) is 0.624. The molecule has 0 fully saturated rings. The second kappa shape index (κ2) is 8.78. The van der Waals surface area contributed by atoms with Crippen LogP contribution >= 0.6 is 11.3 Å². The van der Waals surface area contributed by atoms with Crippen molar-refractivity contribution in [2.24, 2.45) is 5.92 Å². The summed E-state index contributed by atoms with van der Waals surface area (Å²) in [4.78, 5) is 41.4. The Morgan fingerprint density at radius 3 is 2.62 bits per heavy atom. The third-order valence-corrected chi connectivity index (χ3v) is 4.85. The van der Waals surface area contributed by atoms with Gasteiger partial charge in [0.25, 0.3) is 5.91 Å². The highest BCUT2D eigenvalue weighted by molar-refractivity contribution is 7.17. The Hall–Kier alpha value is -3.33. The SMILES string of the molecule is Cc1nc(NC(=O)c2nn(-c3ccccc3)ccc2=O)sc1C(=O)OCC(C)C. The van der Waals surface area contributed by atoms with Gasteiger partial charge in [0.05, 0.1) is 18.0 Å². The number of nitrogens with one attached hydrogen (secondary N) is 1. The van der Waals surface area contributed by atoms with Crippen molar-refractivity contribution in [3.8, 4) is 5.69 Å². The smallest absolute Gasteiger partial charge is 0.350 e. The van der Waals surface area contributed by atoms with Crippen molar-refractivity contribution in [2.45, 2.75) is 20.8 Å². The fourth-order valence-corrected chi connectivity index (χ4v) is 3.25. The second-order valence-corrected chi connectivity index (χ2v) is 7.69. The lowest BCUT2D eigenvalue weighted by atomic mass is 10.2. The van der Waals surface area contributed by atoms with E-state index in [0.29, 0.717) is 22.9 Å². The zero-order valence-corrected chi connectivity index (χ0v) is 17.0. The summed E-state index contributed by atoms with van der Waals surface area (Å²) < 4.78 is 6.65. The fraction of sp³-hybridized carbons (Fsp3) is 0.250. The van der Waals surface area contributed by atoms with Crippen molar-refractivity contribution in [3.63, 3.8) is 0 Å². The molecule has 3 aromatic rings. The van der Waals surface area contributed by atoms with Crippen molar-refractivity contribution < 1.29 is 14.3 Å². The first-order valence-electron chi connectivity index (χ1n) is 8.96. The van der Waals surface area contributed by atoms with Crippen LogP contribution in [0.5, 0.6) is 0 Å². The molecule has 0 atom stereocenters. The molecule has 0 saturated carbocycles. The number of rotatable bonds is 6. The van der Waals surface area contributed by atoms with Gasteiger partial charge in [-0.05, 0) is 25.0 Å². The number of nitrogens with zero attached hydrogens (tertiary/aromatic N) is 3. The number of anilines is 1. The first-order chi connectivity index (χ1) is 13.8. The molecule has 3 rings (SSSR count). The maximum atomic E-state index is 12.6. The fourth-order valence-electron chi connectivity index (χ4n) is 2.39. The normalized spacial score (nSPS) is 10.8. The van der Waals surface area contributed by atoms with Crippen LogP contribution in [0.2, 0.25) is 0 Å². The molecule has 8 nitrogen and oxygen atoms in total. The van der Waals surface area contributed by atoms with Gasteiger partial charge in [-0.15, -0.1) is 0 Å². The highest BCUT2D eigenvalue weighted by atomic mass is 32.1. The molecule has 0 aliphatic heterocycles. The third-order valence-electron chi connectivity index (χ3n) is 3.79. The summed E-state index contributed by atoms with van der Waals surface area (Å²) >= 11 is 0.994. The van der Waals surface area contributed by atoms with Crippen LogP contribution in [0, 0.1) is 12.8 Å². The highest BCUT2D eigenvalue weighted by Gasteiger charge is 2.20. The van der Waals surface area contributed by atoms with Crippen LogP contribution in [0.3, 0.4) is 0 Å². The zero-order valence-electron chi connectivity index (χ0n) is 16.2. The lowest BCUT2D eigenvalue weighted by molar-refractivity contribution is 0.0463. The number of para-hydroxylation sites is 1. The van der Waals surface area contributed by atoms with E-state index < -0.39 is 17.3 Å². The molecule has 1 N–H and O–H groups in total. The number of aromatic nitrogens is 3. The van der Waals surface area contributed by atoms with E-state index in [9.17, 15) is 14.4 Å². The van der Waals surface area contributed by atoms with Crippen molar-refractivity contribution in [2.75, 3.05) is 11.9 Å². The molecule has 1 amide bonds. The van der Waals surface area contributed by atoms with Gasteiger partial charge < -0.3 is 4.74 Å². The Labute approximate surface area is 171 Å². The molecular formula is C20H20N4O4S. The molecular weight excluding hydrogens is 392 g/mol. The maximum Gasteiger partial charge on any atom is 0.350 e. The summed E-state index contributed by atoms with van der Waals surface area (Å²) in [7, 11) is 0. The number of esters is 1. The predicted molar refractivity (Wildman–Crippen MR) is 110 cm³/mol. The molecule has 0 unspecified atom stereocenters. The minimum Gasteiger partial charge on any atom is -0.461 e. The molecule has 1 aromatic carbocycles. The van der Waals surface area contributed by atoms with Crippen LogP contribution in [0.15, 0.2) is 47.4 Å². The van der Waals surface area contributed by atoms with Gasteiger partial charge in [0.15, 0.2) is 10.8 Å². The van der Waals surface area contributed by atoms with Crippen molar-refractivity contribution in [3.05, 3.63) is 69.1 Å². The number of thiazole rings is 1. The van der Waals surface area contributed by atoms with Gasteiger partial charge in [-0.3, -0.25) is 14.9 Å².